The molecule has 0 fully saturated rings. The van der Waals surface area contributed by atoms with Gasteiger partial charge in [0.25, 0.3) is 5.91 Å². The van der Waals surface area contributed by atoms with Crippen LogP contribution in [0.25, 0.3) is 5.65 Å². The highest BCUT2D eigenvalue weighted by Crippen LogP contribution is 2.08. The van der Waals surface area contributed by atoms with Crippen LogP contribution >= 0.6 is 0 Å². The van der Waals surface area contributed by atoms with E-state index in [4.69, 9.17) is 0 Å². The molecule has 0 saturated carbocycles. The number of fused-ring (bicyclic) bond motifs is 1. The van der Waals surface area contributed by atoms with Crippen LogP contribution in [0, 0.1) is 0 Å². The van der Waals surface area contributed by atoms with Gasteiger partial charge in [0.1, 0.15) is 5.69 Å². The minimum absolute atomic E-state index is 0.233. The number of urea groups is 1. The van der Waals surface area contributed by atoms with Gasteiger partial charge in [0.2, 0.25) is 0 Å². The summed E-state index contributed by atoms with van der Waals surface area (Å²) < 4.78 is 1.45. The standard InChI is InChI=1S/C12H16N6O2/c1-3-6-14-11(19)8-4-5-10-15-9(7-18(10)17-8)16-12(20)13-2/h4-5,7H,3,6H2,1-2H3,(H,14,19)(H2,13,16,20). The Labute approximate surface area is 115 Å². The molecule has 0 spiro atoms. The lowest BCUT2D eigenvalue weighted by atomic mass is 10.3. The minimum Gasteiger partial charge on any atom is -0.351 e. The van der Waals surface area contributed by atoms with Gasteiger partial charge in [-0.2, -0.15) is 5.10 Å². The summed E-state index contributed by atoms with van der Waals surface area (Å²) in [7, 11) is 1.51. The molecule has 0 unspecified atom stereocenters. The van der Waals surface area contributed by atoms with Crippen molar-refractivity contribution in [3.05, 3.63) is 24.0 Å². The molecular formula is C12H16N6O2. The van der Waals surface area contributed by atoms with E-state index in [0.717, 1.165) is 6.42 Å². The molecule has 0 saturated heterocycles. The van der Waals surface area contributed by atoms with Gasteiger partial charge in [-0.3, -0.25) is 10.1 Å². The molecule has 20 heavy (non-hydrogen) atoms. The van der Waals surface area contributed by atoms with Gasteiger partial charge in [-0.1, -0.05) is 6.92 Å². The maximum atomic E-state index is 11.8. The topological polar surface area (TPSA) is 100 Å². The van der Waals surface area contributed by atoms with Crippen LogP contribution < -0.4 is 16.0 Å². The first-order valence-electron chi connectivity index (χ1n) is 6.27. The van der Waals surface area contributed by atoms with E-state index in [2.05, 4.69) is 26.0 Å². The Bertz CT molecular complexity index is 636. The molecule has 8 nitrogen and oxygen atoms in total. The predicted octanol–water partition coefficient (Wildman–Crippen LogP) is 0.620. The lowest BCUT2D eigenvalue weighted by Gasteiger charge is -2.02. The molecule has 2 heterocycles. The molecule has 3 N–H and O–H groups in total. The summed E-state index contributed by atoms with van der Waals surface area (Å²) in [6.45, 7) is 2.58. The van der Waals surface area contributed by atoms with Gasteiger partial charge >= 0.3 is 6.03 Å². The average molecular weight is 276 g/mol. The largest absolute Gasteiger partial charge is 0.351 e. The lowest BCUT2D eigenvalue weighted by Crippen LogP contribution is -2.25. The highest BCUT2D eigenvalue weighted by molar-refractivity contribution is 5.92. The molecule has 0 aliphatic heterocycles. The molecular weight excluding hydrogens is 260 g/mol. The fraction of sp³-hybridized carbons (Fsp3) is 0.333. The third-order valence-corrected chi connectivity index (χ3v) is 2.56. The van der Waals surface area contributed by atoms with Crippen molar-refractivity contribution < 1.29 is 9.59 Å². The zero-order valence-corrected chi connectivity index (χ0v) is 11.3. The second-order valence-corrected chi connectivity index (χ2v) is 4.11. The van der Waals surface area contributed by atoms with Crippen LogP contribution in [-0.4, -0.2) is 40.1 Å². The number of carbonyl (C=O) groups excluding carboxylic acids is 2. The zero-order chi connectivity index (χ0) is 14.5. The molecule has 2 aromatic heterocycles. The zero-order valence-electron chi connectivity index (χ0n) is 11.3. The quantitative estimate of drug-likeness (QED) is 0.762. The van der Waals surface area contributed by atoms with E-state index >= 15 is 0 Å². The lowest BCUT2D eigenvalue weighted by molar-refractivity contribution is 0.0947. The van der Waals surface area contributed by atoms with Crippen LogP contribution in [0.1, 0.15) is 23.8 Å². The summed E-state index contributed by atoms with van der Waals surface area (Å²) in [4.78, 5) is 27.1. The number of hydrogen-bond acceptors (Lipinski definition) is 4. The number of rotatable bonds is 4. The van der Waals surface area contributed by atoms with Gasteiger partial charge in [-0.05, 0) is 18.6 Å². The van der Waals surface area contributed by atoms with Gasteiger partial charge < -0.3 is 10.6 Å². The highest BCUT2D eigenvalue weighted by Gasteiger charge is 2.10. The fourth-order valence-corrected chi connectivity index (χ4v) is 1.57. The minimum atomic E-state index is -0.366. The third kappa shape index (κ3) is 3.02. The number of nitrogens with zero attached hydrogens (tertiary/aromatic N) is 3. The molecule has 2 rings (SSSR count). The Morgan fingerprint density at radius 3 is 2.85 bits per heavy atom. The Kier molecular flexibility index (Phi) is 4.14. The Balaban J connectivity index is 2.21. The van der Waals surface area contributed by atoms with Crippen molar-refractivity contribution in [2.45, 2.75) is 13.3 Å². The van der Waals surface area contributed by atoms with E-state index in [1.54, 1.807) is 18.3 Å². The Morgan fingerprint density at radius 1 is 1.35 bits per heavy atom. The SMILES string of the molecule is CCCNC(=O)c1ccc2nc(NC(=O)NC)cn2n1. The molecule has 8 heteroatoms. The van der Waals surface area contributed by atoms with Gasteiger partial charge in [-0.25, -0.2) is 14.3 Å². The summed E-state index contributed by atoms with van der Waals surface area (Å²) in [5.74, 6) is 0.131. The van der Waals surface area contributed by atoms with Crippen molar-refractivity contribution >= 4 is 23.4 Å². The molecule has 0 atom stereocenters. The number of aromatic nitrogens is 3. The molecule has 2 aromatic rings. The van der Waals surface area contributed by atoms with E-state index in [9.17, 15) is 9.59 Å². The summed E-state index contributed by atoms with van der Waals surface area (Å²) >= 11 is 0. The van der Waals surface area contributed by atoms with Crippen molar-refractivity contribution in [2.75, 3.05) is 18.9 Å². The third-order valence-electron chi connectivity index (χ3n) is 2.56. The number of anilines is 1. The Hall–Kier alpha value is -2.64. The van der Waals surface area contributed by atoms with Gasteiger partial charge in [0, 0.05) is 13.6 Å². The fourth-order valence-electron chi connectivity index (χ4n) is 1.57. The molecule has 0 bridgehead atoms. The van der Waals surface area contributed by atoms with Crippen LogP contribution in [0.15, 0.2) is 18.3 Å². The van der Waals surface area contributed by atoms with Gasteiger partial charge in [0.15, 0.2) is 11.5 Å². The van der Waals surface area contributed by atoms with Crippen LogP contribution in [0.3, 0.4) is 0 Å². The van der Waals surface area contributed by atoms with Crippen molar-refractivity contribution in [3.8, 4) is 0 Å². The van der Waals surface area contributed by atoms with E-state index in [-0.39, 0.29) is 11.9 Å². The maximum Gasteiger partial charge on any atom is 0.320 e. The Morgan fingerprint density at radius 2 is 2.15 bits per heavy atom. The molecule has 106 valence electrons. The number of amides is 3. The molecule has 0 radical (unpaired) electrons. The van der Waals surface area contributed by atoms with Crippen LogP contribution in [0.5, 0.6) is 0 Å². The van der Waals surface area contributed by atoms with Crippen LogP contribution in [-0.2, 0) is 0 Å². The average Bonchev–Trinajstić information content (AvgIpc) is 2.85. The smallest absolute Gasteiger partial charge is 0.320 e. The molecule has 0 aliphatic carbocycles. The number of carbonyl (C=O) groups is 2. The summed E-state index contributed by atoms with van der Waals surface area (Å²) in [5, 5.41) is 11.9. The van der Waals surface area contributed by atoms with Gasteiger partial charge in [0.05, 0.1) is 6.20 Å². The summed E-state index contributed by atoms with van der Waals surface area (Å²) in [6, 6.07) is 2.90. The molecule has 3 amide bonds. The van der Waals surface area contributed by atoms with Crippen LogP contribution in [0.2, 0.25) is 0 Å². The first-order valence-corrected chi connectivity index (χ1v) is 6.27. The maximum absolute atomic E-state index is 11.8. The normalized spacial score (nSPS) is 10.3. The second kappa shape index (κ2) is 6.00. The summed E-state index contributed by atoms with van der Waals surface area (Å²) in [5.41, 5.74) is 0.846. The van der Waals surface area contributed by atoms with Crippen LogP contribution in [0.4, 0.5) is 10.6 Å². The van der Waals surface area contributed by atoms with Crippen molar-refractivity contribution in [1.29, 1.82) is 0 Å². The first kappa shape index (κ1) is 13.8. The molecule has 0 aromatic carbocycles. The van der Waals surface area contributed by atoms with E-state index in [1.165, 1.54) is 11.6 Å². The summed E-state index contributed by atoms with van der Waals surface area (Å²) in [6.07, 6.45) is 2.40. The van der Waals surface area contributed by atoms with E-state index in [0.29, 0.717) is 23.7 Å². The molecule has 0 aliphatic rings. The van der Waals surface area contributed by atoms with E-state index < -0.39 is 0 Å². The van der Waals surface area contributed by atoms with Crippen molar-refractivity contribution in [3.63, 3.8) is 0 Å². The van der Waals surface area contributed by atoms with E-state index in [1.807, 2.05) is 6.92 Å². The second-order valence-electron chi connectivity index (χ2n) is 4.11. The van der Waals surface area contributed by atoms with Crippen molar-refractivity contribution in [1.82, 2.24) is 25.2 Å². The number of imidazole rings is 1. The number of nitrogens with one attached hydrogen (secondary N) is 3. The monoisotopic (exact) mass is 276 g/mol. The predicted molar refractivity (Wildman–Crippen MR) is 73.7 cm³/mol. The highest BCUT2D eigenvalue weighted by atomic mass is 16.2. The van der Waals surface area contributed by atoms with Gasteiger partial charge in [-0.15, -0.1) is 0 Å². The number of hydrogen-bond donors (Lipinski definition) is 3. The first-order chi connectivity index (χ1) is 9.63. The van der Waals surface area contributed by atoms with Crippen molar-refractivity contribution in [2.24, 2.45) is 0 Å².